The molecule has 1 rings (SSSR count). The van der Waals surface area contributed by atoms with Gasteiger partial charge in [0.2, 0.25) is 0 Å². The highest BCUT2D eigenvalue weighted by atomic mass is 127. The van der Waals surface area contributed by atoms with Crippen LogP contribution in [0.25, 0.3) is 0 Å². The third-order valence-electron chi connectivity index (χ3n) is 3.88. The van der Waals surface area contributed by atoms with Crippen molar-refractivity contribution < 1.29 is 9.84 Å². The lowest BCUT2D eigenvalue weighted by Crippen LogP contribution is -2.48. The third kappa shape index (κ3) is 8.21. The van der Waals surface area contributed by atoms with Crippen LogP contribution in [0.2, 0.25) is 0 Å². The largest absolute Gasteiger partial charge is 0.388 e. The van der Waals surface area contributed by atoms with E-state index in [0.29, 0.717) is 13.1 Å². The van der Waals surface area contributed by atoms with Gasteiger partial charge in [-0.05, 0) is 33.6 Å². The zero-order valence-corrected chi connectivity index (χ0v) is 16.2. The normalized spacial score (nSPS) is 18.8. The van der Waals surface area contributed by atoms with Crippen molar-refractivity contribution in [2.75, 3.05) is 26.7 Å². The van der Waals surface area contributed by atoms with Crippen molar-refractivity contribution in [2.24, 2.45) is 4.99 Å². The monoisotopic (exact) mass is 413 g/mol. The molecule has 0 spiro atoms. The lowest BCUT2D eigenvalue weighted by molar-refractivity contribution is 0.00849. The number of nitrogens with zero attached hydrogens (tertiary/aromatic N) is 1. The van der Waals surface area contributed by atoms with Gasteiger partial charge in [0.1, 0.15) is 0 Å². The summed E-state index contributed by atoms with van der Waals surface area (Å²) in [6.07, 6.45) is 5.22. The van der Waals surface area contributed by atoms with Crippen LogP contribution in [0.4, 0.5) is 0 Å². The number of hydrogen-bond acceptors (Lipinski definition) is 3. The number of ether oxygens (including phenoxy) is 1. The number of hydrogen-bond donors (Lipinski definition) is 3. The molecule has 0 aromatic carbocycles. The lowest BCUT2D eigenvalue weighted by atomic mass is 9.85. The summed E-state index contributed by atoms with van der Waals surface area (Å²) in [6.45, 7) is 8.00. The SMILES string of the molecule is CCNC(=NCC(C)(C)OC)NCC1(O)CCCCC1.I. The van der Waals surface area contributed by atoms with Crippen LogP contribution in [0.1, 0.15) is 52.9 Å². The first-order valence-corrected chi connectivity index (χ1v) is 7.70. The van der Waals surface area contributed by atoms with Crippen molar-refractivity contribution in [3.05, 3.63) is 0 Å². The van der Waals surface area contributed by atoms with Gasteiger partial charge in [-0.2, -0.15) is 0 Å². The molecule has 1 aliphatic rings. The van der Waals surface area contributed by atoms with Crippen LogP contribution < -0.4 is 10.6 Å². The molecule has 0 aromatic rings. The van der Waals surface area contributed by atoms with E-state index in [1.54, 1.807) is 7.11 Å². The predicted octanol–water partition coefficient (Wildman–Crippen LogP) is 2.28. The Morgan fingerprint density at radius 2 is 1.86 bits per heavy atom. The van der Waals surface area contributed by atoms with Crippen molar-refractivity contribution in [3.8, 4) is 0 Å². The molecule has 0 bridgehead atoms. The van der Waals surface area contributed by atoms with Crippen molar-refractivity contribution in [2.45, 2.75) is 64.1 Å². The number of halogens is 1. The van der Waals surface area contributed by atoms with Crippen LogP contribution in [0.5, 0.6) is 0 Å². The van der Waals surface area contributed by atoms with E-state index in [1.165, 1.54) is 6.42 Å². The van der Waals surface area contributed by atoms with Crippen LogP contribution in [0.3, 0.4) is 0 Å². The van der Waals surface area contributed by atoms with Gasteiger partial charge in [0.25, 0.3) is 0 Å². The molecule has 0 atom stereocenters. The van der Waals surface area contributed by atoms with E-state index < -0.39 is 5.60 Å². The van der Waals surface area contributed by atoms with Gasteiger partial charge >= 0.3 is 0 Å². The van der Waals surface area contributed by atoms with Gasteiger partial charge in [0, 0.05) is 20.2 Å². The van der Waals surface area contributed by atoms with Gasteiger partial charge in [0.05, 0.1) is 17.7 Å². The maximum Gasteiger partial charge on any atom is 0.191 e. The van der Waals surface area contributed by atoms with Crippen LogP contribution in [0, 0.1) is 0 Å². The fourth-order valence-electron chi connectivity index (χ4n) is 2.31. The smallest absolute Gasteiger partial charge is 0.191 e. The Hall–Kier alpha value is -0.0800. The topological polar surface area (TPSA) is 65.9 Å². The first-order valence-electron chi connectivity index (χ1n) is 7.70. The van der Waals surface area contributed by atoms with E-state index >= 15 is 0 Å². The first-order chi connectivity index (χ1) is 9.41. The molecule has 1 aliphatic carbocycles. The van der Waals surface area contributed by atoms with Crippen molar-refractivity contribution in [1.29, 1.82) is 0 Å². The Morgan fingerprint density at radius 3 is 2.38 bits per heavy atom. The van der Waals surface area contributed by atoms with E-state index in [0.717, 1.165) is 38.2 Å². The van der Waals surface area contributed by atoms with Gasteiger partial charge in [-0.3, -0.25) is 4.99 Å². The quantitative estimate of drug-likeness (QED) is 0.355. The van der Waals surface area contributed by atoms with Gasteiger partial charge in [-0.25, -0.2) is 0 Å². The Balaban J connectivity index is 0.00000400. The summed E-state index contributed by atoms with van der Waals surface area (Å²) < 4.78 is 5.37. The Morgan fingerprint density at radius 1 is 1.24 bits per heavy atom. The van der Waals surface area contributed by atoms with Crippen LogP contribution in [0.15, 0.2) is 4.99 Å². The zero-order chi connectivity index (χ0) is 15.1. The third-order valence-corrected chi connectivity index (χ3v) is 3.88. The molecule has 126 valence electrons. The molecule has 0 unspecified atom stereocenters. The Bertz CT molecular complexity index is 316. The standard InChI is InChI=1S/C15H31N3O2.HI/c1-5-16-13(17-11-14(2,3)20-4)18-12-15(19)9-7-6-8-10-15;/h19H,5-12H2,1-4H3,(H2,16,17,18);1H. The Kier molecular flexibility index (Phi) is 9.80. The summed E-state index contributed by atoms with van der Waals surface area (Å²) in [7, 11) is 1.70. The summed E-state index contributed by atoms with van der Waals surface area (Å²) in [5.41, 5.74) is -0.852. The highest BCUT2D eigenvalue weighted by Gasteiger charge is 2.29. The minimum atomic E-state index is -0.578. The number of aliphatic imine (C=N–C) groups is 1. The van der Waals surface area contributed by atoms with E-state index in [2.05, 4.69) is 15.6 Å². The number of aliphatic hydroxyl groups is 1. The fraction of sp³-hybridized carbons (Fsp3) is 0.933. The number of nitrogens with one attached hydrogen (secondary N) is 2. The maximum absolute atomic E-state index is 10.5. The van der Waals surface area contributed by atoms with E-state index in [1.807, 2.05) is 20.8 Å². The average molecular weight is 413 g/mol. The van der Waals surface area contributed by atoms with Crippen LogP contribution in [-0.2, 0) is 4.74 Å². The van der Waals surface area contributed by atoms with E-state index in [4.69, 9.17) is 4.74 Å². The average Bonchev–Trinajstić information content (AvgIpc) is 2.43. The summed E-state index contributed by atoms with van der Waals surface area (Å²) >= 11 is 0. The molecular formula is C15H32IN3O2. The molecule has 1 saturated carbocycles. The predicted molar refractivity (Wildman–Crippen MR) is 98.5 cm³/mol. The van der Waals surface area contributed by atoms with Gasteiger partial charge in [-0.15, -0.1) is 24.0 Å². The molecule has 5 nitrogen and oxygen atoms in total. The van der Waals surface area contributed by atoms with Gasteiger partial charge < -0.3 is 20.5 Å². The molecule has 21 heavy (non-hydrogen) atoms. The van der Waals surface area contributed by atoms with Crippen LogP contribution in [-0.4, -0.2) is 49.0 Å². The Labute approximate surface area is 146 Å². The van der Waals surface area contributed by atoms with Crippen molar-refractivity contribution in [1.82, 2.24) is 10.6 Å². The second-order valence-corrected chi connectivity index (χ2v) is 6.30. The first kappa shape index (κ1) is 20.9. The molecule has 1 fully saturated rings. The molecule has 0 aromatic heterocycles. The van der Waals surface area contributed by atoms with Crippen molar-refractivity contribution in [3.63, 3.8) is 0 Å². The summed E-state index contributed by atoms with van der Waals surface area (Å²) in [5.74, 6) is 0.747. The number of guanidine groups is 1. The molecule has 0 heterocycles. The molecule has 0 saturated heterocycles. The van der Waals surface area contributed by atoms with Crippen LogP contribution >= 0.6 is 24.0 Å². The molecular weight excluding hydrogens is 381 g/mol. The molecule has 3 N–H and O–H groups in total. The van der Waals surface area contributed by atoms with E-state index in [9.17, 15) is 5.11 Å². The number of rotatable bonds is 6. The number of methoxy groups -OCH3 is 1. The molecule has 0 radical (unpaired) electrons. The van der Waals surface area contributed by atoms with E-state index in [-0.39, 0.29) is 29.6 Å². The minimum Gasteiger partial charge on any atom is -0.388 e. The zero-order valence-electron chi connectivity index (χ0n) is 13.9. The molecule has 0 aliphatic heterocycles. The summed E-state index contributed by atoms with van der Waals surface area (Å²) in [5, 5.41) is 17.0. The summed E-state index contributed by atoms with van der Waals surface area (Å²) in [4.78, 5) is 4.53. The maximum atomic E-state index is 10.5. The fourth-order valence-corrected chi connectivity index (χ4v) is 2.31. The highest BCUT2D eigenvalue weighted by molar-refractivity contribution is 14.0. The van der Waals surface area contributed by atoms with Gasteiger partial charge in [0.15, 0.2) is 5.96 Å². The molecule has 6 heteroatoms. The van der Waals surface area contributed by atoms with Crippen molar-refractivity contribution >= 4 is 29.9 Å². The molecule has 0 amide bonds. The summed E-state index contributed by atoms with van der Waals surface area (Å²) in [6, 6.07) is 0. The second-order valence-electron chi connectivity index (χ2n) is 6.30. The lowest BCUT2D eigenvalue weighted by Gasteiger charge is -2.32. The highest BCUT2D eigenvalue weighted by Crippen LogP contribution is 2.27. The van der Waals surface area contributed by atoms with Gasteiger partial charge in [-0.1, -0.05) is 19.3 Å². The minimum absolute atomic E-state index is 0. The second kappa shape index (κ2) is 9.84.